The number of benzene rings is 1. The summed E-state index contributed by atoms with van der Waals surface area (Å²) < 4.78 is 16.5. The molecule has 0 amide bonds. The second kappa shape index (κ2) is 6.01. The van der Waals surface area contributed by atoms with E-state index in [-0.39, 0.29) is 5.75 Å². The van der Waals surface area contributed by atoms with Crippen molar-refractivity contribution in [1.29, 1.82) is 0 Å². The SMILES string of the molecule is CCCC(O)C[S@@](=O)(=NC)c1ccccc1. The van der Waals surface area contributed by atoms with Crippen LogP contribution in [0.4, 0.5) is 0 Å². The predicted molar refractivity (Wildman–Crippen MR) is 67.0 cm³/mol. The van der Waals surface area contributed by atoms with Gasteiger partial charge in [0.15, 0.2) is 0 Å². The van der Waals surface area contributed by atoms with Crippen LogP contribution >= 0.6 is 0 Å². The lowest BCUT2D eigenvalue weighted by Crippen LogP contribution is -2.20. The van der Waals surface area contributed by atoms with Gasteiger partial charge in [0.25, 0.3) is 0 Å². The fourth-order valence-corrected chi connectivity index (χ4v) is 3.41. The summed E-state index contributed by atoms with van der Waals surface area (Å²) in [6, 6.07) is 9.15. The van der Waals surface area contributed by atoms with Crippen LogP contribution in [0, 0.1) is 0 Å². The Hall–Kier alpha value is -0.870. The van der Waals surface area contributed by atoms with Crippen molar-refractivity contribution in [2.24, 2.45) is 4.36 Å². The Bertz CT molecular complexity index is 422. The molecule has 0 aliphatic rings. The molecule has 0 radical (unpaired) electrons. The normalized spacial score (nSPS) is 16.4. The predicted octanol–water partition coefficient (Wildman–Crippen LogP) is 2.30. The van der Waals surface area contributed by atoms with Crippen LogP contribution in [0.2, 0.25) is 0 Å². The average molecular weight is 241 g/mol. The summed E-state index contributed by atoms with van der Waals surface area (Å²) in [4.78, 5) is 0.702. The molecule has 1 aromatic rings. The van der Waals surface area contributed by atoms with Gasteiger partial charge in [0.2, 0.25) is 0 Å². The first-order valence-electron chi connectivity index (χ1n) is 5.48. The third-order valence-electron chi connectivity index (χ3n) is 2.45. The van der Waals surface area contributed by atoms with E-state index in [0.717, 1.165) is 6.42 Å². The number of rotatable bonds is 5. The molecule has 4 heteroatoms. The Morgan fingerprint density at radius 1 is 1.38 bits per heavy atom. The molecule has 1 rings (SSSR count). The van der Waals surface area contributed by atoms with Gasteiger partial charge >= 0.3 is 0 Å². The van der Waals surface area contributed by atoms with Crippen molar-refractivity contribution < 1.29 is 9.32 Å². The molecule has 0 spiro atoms. The maximum Gasteiger partial charge on any atom is 0.0774 e. The third kappa shape index (κ3) is 3.32. The number of aliphatic hydroxyl groups excluding tert-OH is 1. The van der Waals surface area contributed by atoms with Gasteiger partial charge in [-0.3, -0.25) is 0 Å². The zero-order valence-corrected chi connectivity index (χ0v) is 10.6. The lowest BCUT2D eigenvalue weighted by Gasteiger charge is -2.13. The molecule has 3 nitrogen and oxygen atoms in total. The summed E-state index contributed by atoms with van der Waals surface area (Å²) in [6.45, 7) is 2.00. The highest BCUT2D eigenvalue weighted by Crippen LogP contribution is 2.15. The van der Waals surface area contributed by atoms with Gasteiger partial charge in [-0.05, 0) is 18.6 Å². The molecule has 0 aliphatic heterocycles. The summed E-state index contributed by atoms with van der Waals surface area (Å²) in [5.41, 5.74) is 0. The van der Waals surface area contributed by atoms with Crippen LogP contribution in [0.15, 0.2) is 39.6 Å². The van der Waals surface area contributed by atoms with E-state index in [0.29, 0.717) is 11.3 Å². The number of hydrogen-bond donors (Lipinski definition) is 1. The quantitative estimate of drug-likeness (QED) is 0.860. The minimum atomic E-state index is -2.45. The fraction of sp³-hybridized carbons (Fsp3) is 0.500. The van der Waals surface area contributed by atoms with Crippen molar-refractivity contribution in [3.63, 3.8) is 0 Å². The molecule has 2 atom stereocenters. The van der Waals surface area contributed by atoms with E-state index in [1.807, 2.05) is 25.1 Å². The summed E-state index contributed by atoms with van der Waals surface area (Å²) in [7, 11) is -0.902. The van der Waals surface area contributed by atoms with Gasteiger partial charge < -0.3 is 5.11 Å². The maximum atomic E-state index is 12.5. The molecular weight excluding hydrogens is 222 g/mol. The summed E-state index contributed by atoms with van der Waals surface area (Å²) >= 11 is 0. The molecule has 0 saturated heterocycles. The third-order valence-corrected chi connectivity index (χ3v) is 4.88. The molecule has 0 aliphatic carbocycles. The Morgan fingerprint density at radius 3 is 2.50 bits per heavy atom. The topological polar surface area (TPSA) is 49.7 Å². The molecule has 0 saturated carbocycles. The van der Waals surface area contributed by atoms with Crippen LogP contribution in [-0.4, -0.2) is 28.2 Å². The molecule has 0 fully saturated rings. The van der Waals surface area contributed by atoms with Gasteiger partial charge in [0.1, 0.15) is 0 Å². The number of nitrogens with zero attached hydrogens (tertiary/aromatic N) is 1. The standard InChI is InChI=1S/C12H19NO2S/c1-3-7-11(14)10-16(15,13-2)12-8-5-4-6-9-12/h4-6,8-9,11,14H,3,7,10H2,1-2H3/t11?,16-/m0/s1. The highest BCUT2D eigenvalue weighted by atomic mass is 32.2. The maximum absolute atomic E-state index is 12.5. The second-order valence-electron chi connectivity index (χ2n) is 3.75. The van der Waals surface area contributed by atoms with Crippen LogP contribution < -0.4 is 0 Å². The van der Waals surface area contributed by atoms with E-state index in [1.165, 1.54) is 0 Å². The lowest BCUT2D eigenvalue weighted by molar-refractivity contribution is 0.187. The molecule has 16 heavy (non-hydrogen) atoms. The van der Waals surface area contributed by atoms with Crippen molar-refractivity contribution in [3.05, 3.63) is 30.3 Å². The summed E-state index contributed by atoms with van der Waals surface area (Å²) in [6.07, 6.45) is 1.01. The second-order valence-corrected chi connectivity index (χ2v) is 6.20. The molecule has 1 N–H and O–H groups in total. The zero-order chi connectivity index (χ0) is 12.0. The van der Waals surface area contributed by atoms with Crippen LogP contribution in [0.25, 0.3) is 0 Å². The van der Waals surface area contributed by atoms with E-state index in [1.54, 1.807) is 19.2 Å². The van der Waals surface area contributed by atoms with Crippen molar-refractivity contribution in [3.8, 4) is 0 Å². The van der Waals surface area contributed by atoms with Crippen molar-refractivity contribution in [1.82, 2.24) is 0 Å². The smallest absolute Gasteiger partial charge is 0.0774 e. The van der Waals surface area contributed by atoms with E-state index in [4.69, 9.17) is 0 Å². The summed E-state index contributed by atoms with van der Waals surface area (Å²) in [5, 5.41) is 9.74. The van der Waals surface area contributed by atoms with Crippen LogP contribution in [0.1, 0.15) is 19.8 Å². The zero-order valence-electron chi connectivity index (χ0n) is 9.80. The van der Waals surface area contributed by atoms with Gasteiger partial charge in [-0.25, -0.2) is 8.57 Å². The molecule has 0 heterocycles. The Kier molecular flexibility index (Phi) is 4.96. The lowest BCUT2D eigenvalue weighted by atomic mass is 10.2. The molecule has 0 aromatic heterocycles. The van der Waals surface area contributed by atoms with Crippen LogP contribution in [0.5, 0.6) is 0 Å². The van der Waals surface area contributed by atoms with E-state index in [2.05, 4.69) is 4.36 Å². The average Bonchev–Trinajstić information content (AvgIpc) is 2.30. The first-order valence-corrected chi connectivity index (χ1v) is 7.17. The largest absolute Gasteiger partial charge is 0.392 e. The Labute approximate surface area is 97.7 Å². The van der Waals surface area contributed by atoms with E-state index in [9.17, 15) is 9.32 Å². The molecule has 90 valence electrons. The minimum absolute atomic E-state index is 0.224. The van der Waals surface area contributed by atoms with Gasteiger partial charge in [-0.2, -0.15) is 0 Å². The number of hydrogen-bond acceptors (Lipinski definition) is 3. The molecule has 1 unspecified atom stereocenters. The molecule has 1 aromatic carbocycles. The molecule has 0 bridgehead atoms. The van der Waals surface area contributed by atoms with Crippen molar-refractivity contribution >= 4 is 9.73 Å². The van der Waals surface area contributed by atoms with Crippen LogP contribution in [-0.2, 0) is 9.73 Å². The Morgan fingerprint density at radius 2 is 2.00 bits per heavy atom. The minimum Gasteiger partial charge on any atom is -0.392 e. The number of aliphatic hydroxyl groups is 1. The van der Waals surface area contributed by atoms with Gasteiger partial charge in [0, 0.05) is 11.9 Å². The summed E-state index contributed by atoms with van der Waals surface area (Å²) in [5.74, 6) is 0.224. The first-order chi connectivity index (χ1) is 7.62. The molecular formula is C12H19NO2S. The first kappa shape index (κ1) is 13.2. The van der Waals surface area contributed by atoms with E-state index >= 15 is 0 Å². The van der Waals surface area contributed by atoms with Crippen molar-refractivity contribution in [2.75, 3.05) is 12.8 Å². The fourth-order valence-electron chi connectivity index (χ4n) is 1.59. The van der Waals surface area contributed by atoms with Crippen LogP contribution in [0.3, 0.4) is 0 Å². The highest BCUT2D eigenvalue weighted by molar-refractivity contribution is 7.93. The van der Waals surface area contributed by atoms with E-state index < -0.39 is 15.8 Å². The monoisotopic (exact) mass is 241 g/mol. The van der Waals surface area contributed by atoms with Gasteiger partial charge in [0.05, 0.1) is 21.6 Å². The highest BCUT2D eigenvalue weighted by Gasteiger charge is 2.16. The van der Waals surface area contributed by atoms with Gasteiger partial charge in [-0.1, -0.05) is 31.5 Å². The van der Waals surface area contributed by atoms with Gasteiger partial charge in [-0.15, -0.1) is 0 Å². The Balaban J connectivity index is 2.93. The van der Waals surface area contributed by atoms with Crippen molar-refractivity contribution in [2.45, 2.75) is 30.8 Å².